The smallest absolute Gasteiger partial charge is 0.328 e. The van der Waals surface area contributed by atoms with Gasteiger partial charge in [0.1, 0.15) is 6.04 Å². The Balaban J connectivity index is 1.90. The van der Waals surface area contributed by atoms with Crippen molar-refractivity contribution in [3.05, 3.63) is 0 Å². The summed E-state index contributed by atoms with van der Waals surface area (Å²) in [6, 6.07) is -0.398. The summed E-state index contributed by atoms with van der Waals surface area (Å²) in [4.78, 5) is 22.5. The van der Waals surface area contributed by atoms with Gasteiger partial charge in [0.25, 0.3) is 0 Å². The molecule has 4 heteroatoms. The molecular formula is C9H13NO3. The van der Waals surface area contributed by atoms with Crippen molar-refractivity contribution in [2.75, 3.05) is 6.61 Å². The van der Waals surface area contributed by atoms with Crippen LogP contribution in [0.15, 0.2) is 0 Å². The third kappa shape index (κ3) is 1.53. The van der Waals surface area contributed by atoms with E-state index in [1.54, 1.807) is 0 Å². The molecular weight excluding hydrogens is 170 g/mol. The van der Waals surface area contributed by atoms with Crippen LogP contribution in [-0.4, -0.2) is 24.5 Å². The maximum Gasteiger partial charge on any atom is 0.328 e. The summed E-state index contributed by atoms with van der Waals surface area (Å²) in [5, 5.41) is 2.72. The van der Waals surface area contributed by atoms with Crippen molar-refractivity contribution in [1.29, 1.82) is 0 Å². The van der Waals surface area contributed by atoms with E-state index < -0.39 is 6.04 Å². The van der Waals surface area contributed by atoms with Crippen LogP contribution in [0.3, 0.4) is 0 Å². The highest BCUT2D eigenvalue weighted by Gasteiger charge is 2.46. The lowest BCUT2D eigenvalue weighted by molar-refractivity contribution is -0.142. The summed E-state index contributed by atoms with van der Waals surface area (Å²) < 4.78 is 4.75. The number of hydrogen-bond acceptors (Lipinski definition) is 3. The third-order valence-electron chi connectivity index (χ3n) is 2.79. The standard InChI is InChI=1S/C9H13NO3/c1-9(3-4-9)8(12)10-6-2-5-13-7(6)11/h6H,2-5H2,1H3,(H,10,12)/t6-/m0/s1. The molecule has 0 spiro atoms. The van der Waals surface area contributed by atoms with Crippen LogP contribution >= 0.6 is 0 Å². The van der Waals surface area contributed by atoms with E-state index in [4.69, 9.17) is 4.74 Å². The quantitative estimate of drug-likeness (QED) is 0.623. The Hall–Kier alpha value is -1.06. The van der Waals surface area contributed by atoms with Gasteiger partial charge in [0, 0.05) is 11.8 Å². The molecule has 1 N–H and O–H groups in total. The average molecular weight is 183 g/mol. The van der Waals surface area contributed by atoms with Gasteiger partial charge in [-0.1, -0.05) is 6.92 Å². The fourth-order valence-electron chi connectivity index (χ4n) is 1.37. The number of carbonyl (C=O) groups excluding carboxylic acids is 2. The number of ether oxygens (including phenoxy) is 1. The molecule has 1 amide bonds. The van der Waals surface area contributed by atoms with Crippen molar-refractivity contribution in [2.45, 2.75) is 32.2 Å². The first-order chi connectivity index (χ1) is 6.12. The normalized spacial score (nSPS) is 29.6. The largest absolute Gasteiger partial charge is 0.464 e. The predicted octanol–water partition coefficient (Wildman–Crippen LogP) is 0.218. The lowest BCUT2D eigenvalue weighted by Gasteiger charge is -2.12. The second-order valence-corrected chi connectivity index (χ2v) is 4.04. The Labute approximate surface area is 76.6 Å². The van der Waals surface area contributed by atoms with Crippen LogP contribution in [0.2, 0.25) is 0 Å². The topological polar surface area (TPSA) is 55.4 Å². The first-order valence-electron chi connectivity index (χ1n) is 4.59. The molecule has 13 heavy (non-hydrogen) atoms. The Kier molecular flexibility index (Phi) is 1.78. The number of amides is 1. The van der Waals surface area contributed by atoms with Crippen LogP contribution in [0.25, 0.3) is 0 Å². The monoisotopic (exact) mass is 183 g/mol. The molecule has 1 heterocycles. The Morgan fingerprint density at radius 2 is 2.31 bits per heavy atom. The fourth-order valence-corrected chi connectivity index (χ4v) is 1.37. The predicted molar refractivity (Wildman–Crippen MR) is 44.8 cm³/mol. The van der Waals surface area contributed by atoms with Gasteiger partial charge in [0.05, 0.1) is 6.61 Å². The molecule has 2 rings (SSSR count). The first-order valence-corrected chi connectivity index (χ1v) is 4.59. The summed E-state index contributed by atoms with van der Waals surface area (Å²) >= 11 is 0. The summed E-state index contributed by atoms with van der Waals surface area (Å²) in [7, 11) is 0. The minimum absolute atomic E-state index is 0.00338. The van der Waals surface area contributed by atoms with E-state index in [0.717, 1.165) is 12.8 Å². The molecule has 1 aliphatic carbocycles. The van der Waals surface area contributed by atoms with E-state index in [1.807, 2.05) is 6.92 Å². The number of cyclic esters (lactones) is 1. The number of nitrogens with one attached hydrogen (secondary N) is 1. The van der Waals surface area contributed by atoms with Gasteiger partial charge >= 0.3 is 5.97 Å². The Bertz CT molecular complexity index is 258. The molecule has 0 aromatic rings. The number of rotatable bonds is 2. The minimum Gasteiger partial charge on any atom is -0.464 e. The molecule has 72 valence electrons. The fraction of sp³-hybridized carbons (Fsp3) is 0.778. The molecule has 0 bridgehead atoms. The number of carbonyl (C=O) groups is 2. The minimum atomic E-state index is -0.398. The van der Waals surface area contributed by atoms with Gasteiger partial charge in [0.15, 0.2) is 0 Å². The van der Waals surface area contributed by atoms with Gasteiger partial charge < -0.3 is 10.1 Å². The van der Waals surface area contributed by atoms with E-state index in [1.165, 1.54) is 0 Å². The van der Waals surface area contributed by atoms with Crippen molar-refractivity contribution in [3.63, 3.8) is 0 Å². The Morgan fingerprint density at radius 3 is 2.77 bits per heavy atom. The van der Waals surface area contributed by atoms with E-state index in [9.17, 15) is 9.59 Å². The molecule has 1 saturated carbocycles. The Morgan fingerprint density at radius 1 is 1.62 bits per heavy atom. The van der Waals surface area contributed by atoms with Gasteiger partial charge in [-0.2, -0.15) is 0 Å². The summed E-state index contributed by atoms with van der Waals surface area (Å²) in [5.74, 6) is -0.297. The second kappa shape index (κ2) is 2.72. The molecule has 1 aliphatic heterocycles. The highest BCUT2D eigenvalue weighted by molar-refractivity contribution is 5.89. The molecule has 0 radical (unpaired) electrons. The van der Waals surface area contributed by atoms with Crippen molar-refractivity contribution in [3.8, 4) is 0 Å². The zero-order valence-corrected chi connectivity index (χ0v) is 7.63. The van der Waals surface area contributed by atoms with Gasteiger partial charge in [-0.15, -0.1) is 0 Å². The van der Waals surface area contributed by atoms with Gasteiger partial charge in [0.2, 0.25) is 5.91 Å². The summed E-state index contributed by atoms with van der Waals surface area (Å²) in [6.07, 6.45) is 2.47. The maximum absolute atomic E-state index is 11.5. The van der Waals surface area contributed by atoms with Crippen LogP contribution < -0.4 is 5.32 Å². The van der Waals surface area contributed by atoms with Crippen molar-refractivity contribution >= 4 is 11.9 Å². The lowest BCUT2D eigenvalue weighted by Crippen LogP contribution is -2.41. The number of hydrogen-bond donors (Lipinski definition) is 1. The molecule has 4 nitrogen and oxygen atoms in total. The van der Waals surface area contributed by atoms with Crippen LogP contribution in [0.5, 0.6) is 0 Å². The zero-order chi connectivity index (χ0) is 9.47. The van der Waals surface area contributed by atoms with Crippen LogP contribution in [0.4, 0.5) is 0 Å². The molecule has 1 atom stereocenters. The molecule has 1 saturated heterocycles. The lowest BCUT2D eigenvalue weighted by atomic mass is 10.1. The highest BCUT2D eigenvalue weighted by atomic mass is 16.5. The summed E-state index contributed by atoms with van der Waals surface area (Å²) in [5.41, 5.74) is -0.205. The zero-order valence-electron chi connectivity index (χ0n) is 7.63. The SMILES string of the molecule is CC1(C(=O)N[C@H]2CCOC2=O)CC1. The highest BCUT2D eigenvalue weighted by Crippen LogP contribution is 2.45. The van der Waals surface area contributed by atoms with E-state index >= 15 is 0 Å². The molecule has 2 aliphatic rings. The van der Waals surface area contributed by atoms with E-state index in [0.29, 0.717) is 13.0 Å². The van der Waals surface area contributed by atoms with Gasteiger partial charge in [-0.05, 0) is 12.8 Å². The van der Waals surface area contributed by atoms with Gasteiger partial charge in [-0.3, -0.25) is 4.79 Å². The third-order valence-corrected chi connectivity index (χ3v) is 2.79. The summed E-state index contributed by atoms with van der Waals surface area (Å²) in [6.45, 7) is 2.35. The van der Waals surface area contributed by atoms with Crippen LogP contribution in [0.1, 0.15) is 26.2 Å². The van der Waals surface area contributed by atoms with Gasteiger partial charge in [-0.25, -0.2) is 4.79 Å². The van der Waals surface area contributed by atoms with Crippen LogP contribution in [-0.2, 0) is 14.3 Å². The molecule has 0 aromatic heterocycles. The maximum atomic E-state index is 11.5. The van der Waals surface area contributed by atoms with Crippen LogP contribution in [0, 0.1) is 5.41 Å². The van der Waals surface area contributed by atoms with Crippen molar-refractivity contribution in [1.82, 2.24) is 5.32 Å². The molecule has 0 aromatic carbocycles. The second-order valence-electron chi connectivity index (χ2n) is 4.04. The van der Waals surface area contributed by atoms with E-state index in [-0.39, 0.29) is 17.3 Å². The van der Waals surface area contributed by atoms with Crippen molar-refractivity contribution < 1.29 is 14.3 Å². The number of esters is 1. The molecule has 2 fully saturated rings. The average Bonchev–Trinajstić information content (AvgIpc) is 2.72. The molecule has 0 unspecified atom stereocenters. The first kappa shape index (κ1) is 8.53. The van der Waals surface area contributed by atoms with E-state index in [2.05, 4.69) is 5.32 Å². The van der Waals surface area contributed by atoms with Crippen molar-refractivity contribution in [2.24, 2.45) is 5.41 Å².